The fourth-order valence-corrected chi connectivity index (χ4v) is 5.92. The third kappa shape index (κ3) is 20.4. The lowest BCUT2D eigenvalue weighted by Crippen LogP contribution is -2.64. The Morgan fingerprint density at radius 2 is 1.22 bits per heavy atom. The lowest BCUT2D eigenvalue weighted by atomic mass is 10.0. The number of benzene rings is 1. The predicted octanol–water partition coefficient (Wildman–Crippen LogP) is 3.58. The first-order chi connectivity index (χ1) is 27.4. The molecule has 0 heterocycles. The molecule has 0 unspecified atom stereocenters. The molecule has 0 radical (unpaired) electrons. The van der Waals surface area contributed by atoms with Gasteiger partial charge in [-0.2, -0.15) is 0 Å². The molecule has 1 aromatic carbocycles. The summed E-state index contributed by atoms with van der Waals surface area (Å²) in [6, 6.07) is 1.47. The maximum Gasteiger partial charge on any atom is 0.418 e. The number of aliphatic carboxylic acids is 1. The summed E-state index contributed by atoms with van der Waals surface area (Å²) in [5.41, 5.74) is 8.77. The molecule has 8 N–H and O–H groups in total. The van der Waals surface area contributed by atoms with Crippen LogP contribution in [0.25, 0.3) is 0 Å². The number of carbonyl (C=O) groups excluding carboxylic acids is 5. The van der Waals surface area contributed by atoms with Crippen molar-refractivity contribution in [1.82, 2.24) is 20.9 Å². The van der Waals surface area contributed by atoms with Crippen LogP contribution in [0, 0.1) is 0 Å². The van der Waals surface area contributed by atoms with Gasteiger partial charge in [0.15, 0.2) is 6.04 Å². The van der Waals surface area contributed by atoms with E-state index in [1.54, 1.807) is 120 Å². The van der Waals surface area contributed by atoms with E-state index in [1.165, 1.54) is 6.92 Å². The smallest absolute Gasteiger partial charge is 0.418 e. The first-order valence-electron chi connectivity index (χ1n) is 20.5. The van der Waals surface area contributed by atoms with E-state index in [9.17, 15) is 33.9 Å². The lowest BCUT2D eigenvalue weighted by Gasteiger charge is -2.37. The number of amides is 5. The topological polar surface area (TPSA) is 251 Å². The summed E-state index contributed by atoms with van der Waals surface area (Å²) in [6.07, 6.45) is -1.90. The van der Waals surface area contributed by atoms with Crippen LogP contribution in [0.2, 0.25) is 0 Å². The van der Waals surface area contributed by atoms with Gasteiger partial charge in [0.05, 0.1) is 41.7 Å². The highest BCUT2D eigenvalue weighted by atomic mass is 16.6. The van der Waals surface area contributed by atoms with Crippen LogP contribution in [-0.4, -0.2) is 124 Å². The quantitative estimate of drug-likeness (QED) is 0.0970. The Balaban J connectivity index is 3.87. The van der Waals surface area contributed by atoms with Crippen molar-refractivity contribution in [1.29, 1.82) is 0 Å². The van der Waals surface area contributed by atoms with Gasteiger partial charge < -0.3 is 51.5 Å². The van der Waals surface area contributed by atoms with Crippen LogP contribution in [0.15, 0.2) is 30.3 Å². The number of hydrogen-bond acceptors (Lipinski definition) is 12. The SMILES string of the molecule is C[C@@H](OC(C)(C)C)[C@H](NC(=O)[C@@H](N)CCCCN)C(=O)N[C@@H](Cc1ccccc1)C(=O)N[C@H](C(=O)N(C(=O)OC(C)(C)C)[C@@H](COC(C)(C)C)C(=O)O)[C@@H](C)OC(C)(C)C. The number of carboxylic acids is 1. The number of ether oxygens (including phenoxy) is 4. The molecule has 0 aromatic heterocycles. The fraction of sp³-hybridized carbons (Fsp3) is 0.721. The van der Waals surface area contributed by atoms with Gasteiger partial charge in [0.25, 0.3) is 5.91 Å². The van der Waals surface area contributed by atoms with Crippen molar-refractivity contribution in [2.24, 2.45) is 11.5 Å². The fourth-order valence-electron chi connectivity index (χ4n) is 5.92. The van der Waals surface area contributed by atoms with Crippen LogP contribution in [0.1, 0.15) is 122 Å². The maximum absolute atomic E-state index is 14.8. The van der Waals surface area contributed by atoms with Crippen molar-refractivity contribution in [2.75, 3.05) is 13.2 Å². The standard InChI is InChI=1S/C43H74N6O11/c1-26(58-41(6,7)8)32(47-34(50)29(45)22-18-19-23-44)36(52)46-30(24-28-20-16-15-17-21-28)35(51)48-33(27(2)59-42(9,10)11)37(53)49(39(56)60-43(12,13)14)31(38(54)55)25-57-40(3,4)5/h15-17,20-21,26-27,29-33H,18-19,22-25,44-45H2,1-14H3,(H,46,52)(H,47,50)(H,48,51)(H,54,55)/t26-,27-,29+,30+,31+,32+,33+/m1/s1. The molecule has 0 aliphatic heterocycles. The minimum Gasteiger partial charge on any atom is -0.480 e. The van der Waals surface area contributed by atoms with E-state index in [-0.39, 0.29) is 6.42 Å². The van der Waals surface area contributed by atoms with Crippen LogP contribution < -0.4 is 27.4 Å². The van der Waals surface area contributed by atoms with Crippen LogP contribution in [0.3, 0.4) is 0 Å². The molecule has 0 saturated carbocycles. The molecule has 17 heteroatoms. The van der Waals surface area contributed by atoms with Crippen molar-refractivity contribution in [3.8, 4) is 0 Å². The first kappa shape index (κ1) is 53.9. The minimum atomic E-state index is -1.89. The molecule has 60 heavy (non-hydrogen) atoms. The van der Waals surface area contributed by atoms with Crippen molar-refractivity contribution in [3.63, 3.8) is 0 Å². The van der Waals surface area contributed by atoms with Gasteiger partial charge in [0.1, 0.15) is 23.7 Å². The third-order valence-corrected chi connectivity index (χ3v) is 8.48. The largest absolute Gasteiger partial charge is 0.480 e. The van der Waals surface area contributed by atoms with Crippen molar-refractivity contribution >= 4 is 35.7 Å². The highest BCUT2D eigenvalue weighted by molar-refractivity contribution is 6.01. The van der Waals surface area contributed by atoms with E-state index in [2.05, 4.69) is 16.0 Å². The molecule has 0 spiro atoms. The molecular weight excluding hydrogens is 777 g/mol. The summed E-state index contributed by atoms with van der Waals surface area (Å²) in [6.45, 7) is 23.1. The van der Waals surface area contributed by atoms with Gasteiger partial charge in [-0.05, 0) is 122 Å². The normalized spacial score (nSPS) is 15.9. The van der Waals surface area contributed by atoms with Gasteiger partial charge in [0, 0.05) is 6.42 Å². The minimum absolute atomic E-state index is 0.0887. The van der Waals surface area contributed by atoms with Gasteiger partial charge in [-0.3, -0.25) is 19.2 Å². The van der Waals surface area contributed by atoms with E-state index >= 15 is 0 Å². The zero-order valence-corrected chi connectivity index (χ0v) is 38.3. The number of rotatable bonds is 21. The number of imide groups is 1. The second-order valence-corrected chi connectivity index (χ2v) is 19.0. The monoisotopic (exact) mass is 851 g/mol. The van der Waals surface area contributed by atoms with Crippen LogP contribution in [0.5, 0.6) is 0 Å². The van der Waals surface area contributed by atoms with Gasteiger partial charge >= 0.3 is 12.1 Å². The number of carboxylic acid groups (broad SMARTS) is 1. The molecule has 0 aliphatic carbocycles. The molecule has 0 aliphatic rings. The van der Waals surface area contributed by atoms with Gasteiger partial charge in [-0.25, -0.2) is 14.5 Å². The highest BCUT2D eigenvalue weighted by Crippen LogP contribution is 2.21. The summed E-state index contributed by atoms with van der Waals surface area (Å²) in [7, 11) is 0. The second kappa shape index (κ2) is 23.2. The molecule has 0 bridgehead atoms. The first-order valence-corrected chi connectivity index (χ1v) is 20.5. The number of nitrogens with two attached hydrogens (primary N) is 2. The van der Waals surface area contributed by atoms with E-state index in [0.717, 1.165) is 0 Å². The highest BCUT2D eigenvalue weighted by Gasteiger charge is 2.45. The van der Waals surface area contributed by atoms with Gasteiger partial charge in [-0.15, -0.1) is 0 Å². The average Bonchev–Trinajstić information content (AvgIpc) is 3.07. The Morgan fingerprint density at radius 3 is 1.68 bits per heavy atom. The molecule has 342 valence electrons. The number of unbranched alkanes of at least 4 members (excludes halogenated alkanes) is 1. The van der Waals surface area contributed by atoms with Crippen LogP contribution in [-0.2, 0) is 49.3 Å². The summed E-state index contributed by atoms with van der Waals surface area (Å²) in [4.78, 5) is 84.0. The molecule has 1 aromatic rings. The third-order valence-electron chi connectivity index (χ3n) is 8.48. The van der Waals surface area contributed by atoms with Gasteiger partial charge in [0.2, 0.25) is 17.7 Å². The molecular formula is C43H74N6O11. The Bertz CT molecular complexity index is 1560. The second-order valence-electron chi connectivity index (χ2n) is 19.0. The summed E-state index contributed by atoms with van der Waals surface area (Å²) >= 11 is 0. The summed E-state index contributed by atoms with van der Waals surface area (Å²) in [5, 5.41) is 18.5. The number of nitrogens with one attached hydrogen (secondary N) is 3. The summed E-state index contributed by atoms with van der Waals surface area (Å²) in [5.74, 6) is -5.01. The number of hydrogen-bond donors (Lipinski definition) is 6. The zero-order chi connectivity index (χ0) is 46.4. The lowest BCUT2D eigenvalue weighted by molar-refractivity contribution is -0.159. The summed E-state index contributed by atoms with van der Waals surface area (Å²) < 4.78 is 23.5. The van der Waals surface area contributed by atoms with Crippen LogP contribution >= 0.6 is 0 Å². The molecule has 0 saturated heterocycles. The Labute approximate surface area is 356 Å². The van der Waals surface area contributed by atoms with E-state index in [1.807, 2.05) is 0 Å². The maximum atomic E-state index is 14.8. The van der Waals surface area contributed by atoms with Crippen molar-refractivity contribution in [3.05, 3.63) is 35.9 Å². The Morgan fingerprint density at radius 1 is 0.700 bits per heavy atom. The van der Waals surface area contributed by atoms with Crippen molar-refractivity contribution in [2.45, 2.75) is 187 Å². The molecule has 1 rings (SSSR count). The van der Waals surface area contributed by atoms with Crippen LogP contribution in [0.4, 0.5) is 4.79 Å². The van der Waals surface area contributed by atoms with E-state index in [4.69, 9.17) is 30.4 Å². The zero-order valence-electron chi connectivity index (χ0n) is 38.3. The van der Waals surface area contributed by atoms with E-state index in [0.29, 0.717) is 36.3 Å². The predicted molar refractivity (Wildman–Crippen MR) is 228 cm³/mol. The van der Waals surface area contributed by atoms with Crippen molar-refractivity contribution < 1.29 is 52.8 Å². The van der Waals surface area contributed by atoms with E-state index < -0.39 is 107 Å². The Hall–Kier alpha value is -4.16. The molecule has 17 nitrogen and oxygen atoms in total. The molecule has 7 atom stereocenters. The molecule has 0 fully saturated rings. The average molecular weight is 851 g/mol. The Kier molecular flexibility index (Phi) is 20.8. The van der Waals surface area contributed by atoms with Gasteiger partial charge in [-0.1, -0.05) is 36.8 Å². The molecule has 5 amide bonds. The number of nitrogens with zero attached hydrogens (tertiary/aromatic N) is 1. The number of carbonyl (C=O) groups is 6.